The van der Waals surface area contributed by atoms with Gasteiger partial charge in [0.15, 0.2) is 0 Å². The molecule has 5 aromatic carbocycles. The Morgan fingerprint density at radius 1 is 0.471 bits per heavy atom. The summed E-state index contributed by atoms with van der Waals surface area (Å²) in [7, 11) is 0. The molecule has 0 amide bonds. The second kappa shape index (κ2) is 9.47. The van der Waals surface area contributed by atoms with Gasteiger partial charge in [0.1, 0.15) is 0 Å². The van der Waals surface area contributed by atoms with E-state index in [-0.39, 0.29) is 0 Å². The van der Waals surface area contributed by atoms with Crippen LogP contribution in [0.4, 0.5) is 0 Å². The molecular formula is C31H26ClOP. The fourth-order valence-corrected chi connectivity index (χ4v) is 10.7. The maximum atomic E-state index is 8.21. The van der Waals surface area contributed by atoms with Gasteiger partial charge in [-0.1, -0.05) is 0 Å². The van der Waals surface area contributed by atoms with E-state index in [0.29, 0.717) is 6.16 Å². The minimum absolute atomic E-state index is 0.678. The molecule has 5 rings (SSSR count). The van der Waals surface area contributed by atoms with Gasteiger partial charge in [-0.2, -0.15) is 0 Å². The Balaban J connectivity index is 1.70. The molecule has 0 atom stereocenters. The summed E-state index contributed by atoms with van der Waals surface area (Å²) in [5.41, 5.74) is 1.14. The van der Waals surface area contributed by atoms with E-state index in [4.69, 9.17) is 16.0 Å². The predicted octanol–water partition coefficient (Wildman–Crippen LogP) is 7.66. The van der Waals surface area contributed by atoms with Crippen LogP contribution in [0.15, 0.2) is 146 Å². The number of hydrogen-bond acceptors (Lipinski definition) is 1. The van der Waals surface area contributed by atoms with Gasteiger partial charge in [-0.3, -0.25) is 0 Å². The van der Waals surface area contributed by atoms with Gasteiger partial charge in [-0.15, -0.1) is 0 Å². The van der Waals surface area contributed by atoms with Crippen molar-refractivity contribution in [2.24, 2.45) is 0 Å². The molecule has 0 saturated carbocycles. The molecule has 1 nitrogen and oxygen atoms in total. The summed E-state index contributed by atoms with van der Waals surface area (Å²) in [5, 5.41) is 3.46. The van der Waals surface area contributed by atoms with E-state index in [0.717, 1.165) is 33.0 Å². The standard InChI is InChI=1S/C31H26ClOP/c32-34(29-18-7-2-8-19-29,30-20-9-3-10-21-30,31-22-11-4-12-23-31)25-26-14-13-17-28(24-26)33-27-15-5-1-6-16-27/h1-24H,25H2. The third kappa shape index (κ3) is 4.14. The Morgan fingerprint density at radius 3 is 1.35 bits per heavy atom. The van der Waals surface area contributed by atoms with Crippen LogP contribution in [-0.4, -0.2) is 0 Å². The maximum absolute atomic E-state index is 8.21. The van der Waals surface area contributed by atoms with Crippen LogP contribution in [0.5, 0.6) is 11.5 Å². The van der Waals surface area contributed by atoms with Gasteiger partial charge >= 0.3 is 207 Å². The molecule has 0 N–H and O–H groups in total. The van der Waals surface area contributed by atoms with Crippen LogP contribution in [0.2, 0.25) is 0 Å². The first-order valence-electron chi connectivity index (χ1n) is 11.4. The summed E-state index contributed by atoms with van der Waals surface area (Å²) < 4.78 is 6.15. The van der Waals surface area contributed by atoms with Gasteiger partial charge in [-0.05, 0) is 0 Å². The molecule has 0 aliphatic carbocycles. The molecule has 0 bridgehead atoms. The quantitative estimate of drug-likeness (QED) is 0.217. The average molecular weight is 481 g/mol. The van der Waals surface area contributed by atoms with Gasteiger partial charge in [0.2, 0.25) is 0 Å². The number of halogens is 1. The molecule has 0 aromatic heterocycles. The molecule has 3 heteroatoms. The molecule has 5 aromatic rings. The van der Waals surface area contributed by atoms with Crippen LogP contribution >= 0.6 is 17.2 Å². The van der Waals surface area contributed by atoms with Crippen molar-refractivity contribution in [2.75, 3.05) is 0 Å². The molecule has 0 unspecified atom stereocenters. The molecule has 0 heterocycles. The first-order chi connectivity index (χ1) is 16.7. The van der Waals surface area contributed by atoms with E-state index in [1.54, 1.807) is 0 Å². The fourth-order valence-electron chi connectivity index (χ4n) is 4.61. The summed E-state index contributed by atoms with van der Waals surface area (Å²) in [6.07, 6.45) is 0.678. The summed E-state index contributed by atoms with van der Waals surface area (Å²) in [6, 6.07) is 49.9. The van der Waals surface area contributed by atoms with Crippen LogP contribution in [0, 0.1) is 0 Å². The Kier molecular flexibility index (Phi) is 6.24. The minimum atomic E-state index is -3.38. The van der Waals surface area contributed by atoms with Crippen LogP contribution < -0.4 is 20.7 Å². The third-order valence-electron chi connectivity index (χ3n) is 6.24. The molecule has 0 aliphatic heterocycles. The van der Waals surface area contributed by atoms with Crippen molar-refractivity contribution in [1.82, 2.24) is 0 Å². The number of rotatable bonds is 7. The SMILES string of the molecule is ClP(Cc1cccc(Oc2ccccc2)c1)(c1ccccc1)(c1ccccc1)c1ccccc1. The first-order valence-corrected chi connectivity index (χ1v) is 14.7. The van der Waals surface area contributed by atoms with Crippen molar-refractivity contribution in [3.63, 3.8) is 0 Å². The van der Waals surface area contributed by atoms with Crippen LogP contribution in [-0.2, 0) is 6.16 Å². The second-order valence-electron chi connectivity index (χ2n) is 8.41. The average Bonchev–Trinajstić information content (AvgIpc) is 2.91. The zero-order valence-electron chi connectivity index (χ0n) is 18.8. The number of benzene rings is 5. The Hall–Kier alpha value is -3.38. The van der Waals surface area contributed by atoms with Gasteiger partial charge in [0.05, 0.1) is 0 Å². The van der Waals surface area contributed by atoms with Crippen LogP contribution in [0.3, 0.4) is 0 Å². The van der Waals surface area contributed by atoms with E-state index in [9.17, 15) is 0 Å². The normalized spacial score (nSPS) is 12.4. The van der Waals surface area contributed by atoms with Crippen molar-refractivity contribution < 1.29 is 4.74 Å². The van der Waals surface area contributed by atoms with E-state index < -0.39 is 5.96 Å². The Labute approximate surface area is 206 Å². The monoisotopic (exact) mass is 480 g/mol. The van der Waals surface area contributed by atoms with Crippen LogP contribution in [0.25, 0.3) is 0 Å². The molecule has 0 saturated heterocycles. The first kappa shape index (κ1) is 22.4. The molecule has 0 aliphatic rings. The number of hydrogen-bond donors (Lipinski definition) is 0. The zero-order chi connectivity index (χ0) is 23.3. The van der Waals surface area contributed by atoms with Gasteiger partial charge in [0, 0.05) is 0 Å². The summed E-state index contributed by atoms with van der Waals surface area (Å²) in [5.74, 6) is -1.76. The van der Waals surface area contributed by atoms with Crippen molar-refractivity contribution in [3.05, 3.63) is 151 Å². The summed E-state index contributed by atoms with van der Waals surface area (Å²) in [4.78, 5) is 0. The van der Waals surface area contributed by atoms with Crippen molar-refractivity contribution in [1.29, 1.82) is 0 Å². The van der Waals surface area contributed by atoms with Crippen molar-refractivity contribution in [3.8, 4) is 11.5 Å². The van der Waals surface area contributed by atoms with Crippen molar-refractivity contribution in [2.45, 2.75) is 6.16 Å². The molecule has 0 fully saturated rings. The third-order valence-corrected chi connectivity index (χ3v) is 13.4. The summed E-state index contributed by atoms with van der Waals surface area (Å²) in [6.45, 7) is 0. The van der Waals surface area contributed by atoms with Gasteiger partial charge in [-0.25, -0.2) is 0 Å². The summed E-state index contributed by atoms with van der Waals surface area (Å²) >= 11 is 8.21. The molecule has 34 heavy (non-hydrogen) atoms. The van der Waals surface area contributed by atoms with E-state index >= 15 is 0 Å². The second-order valence-corrected chi connectivity index (χ2v) is 14.9. The van der Waals surface area contributed by atoms with Gasteiger partial charge in [0.25, 0.3) is 0 Å². The van der Waals surface area contributed by atoms with E-state index in [2.05, 4.69) is 84.9 Å². The number of para-hydroxylation sites is 1. The molecule has 168 valence electrons. The Bertz CT molecular complexity index is 1260. The molecule has 0 radical (unpaired) electrons. The van der Waals surface area contributed by atoms with E-state index in [1.165, 1.54) is 0 Å². The van der Waals surface area contributed by atoms with Crippen LogP contribution in [0.1, 0.15) is 5.56 Å². The molecule has 0 spiro atoms. The van der Waals surface area contributed by atoms with E-state index in [1.807, 2.05) is 60.7 Å². The Morgan fingerprint density at radius 2 is 0.882 bits per heavy atom. The molecular weight excluding hydrogens is 455 g/mol. The number of ether oxygens (including phenoxy) is 1. The fraction of sp³-hybridized carbons (Fsp3) is 0.0323. The predicted molar refractivity (Wildman–Crippen MR) is 148 cm³/mol. The topological polar surface area (TPSA) is 9.23 Å². The van der Waals surface area contributed by atoms with Crippen molar-refractivity contribution >= 4 is 33.1 Å². The zero-order valence-corrected chi connectivity index (χ0v) is 20.4. The van der Waals surface area contributed by atoms with Gasteiger partial charge < -0.3 is 0 Å².